The van der Waals surface area contributed by atoms with Gasteiger partial charge in [0.2, 0.25) is 12.3 Å². The number of cyclic esters (lactones) is 1. The molecule has 3 amide bonds. The van der Waals surface area contributed by atoms with Gasteiger partial charge in [-0.2, -0.15) is 0 Å². The zero-order chi connectivity index (χ0) is 19.8. The molecule has 8 nitrogen and oxygen atoms in total. The van der Waals surface area contributed by atoms with Crippen molar-refractivity contribution >= 4 is 29.8 Å². The number of nitrogens with zero attached hydrogens (tertiary/aromatic N) is 3. The molecule has 28 heavy (non-hydrogen) atoms. The number of hydrogen-bond donors (Lipinski definition) is 1. The van der Waals surface area contributed by atoms with E-state index in [0.29, 0.717) is 23.2 Å². The third-order valence-corrected chi connectivity index (χ3v) is 5.70. The summed E-state index contributed by atoms with van der Waals surface area (Å²) >= 11 is 0. The van der Waals surface area contributed by atoms with Crippen LogP contribution in [0.15, 0.2) is 18.2 Å². The number of hydrogen-bond acceptors (Lipinski definition) is 5. The zero-order valence-corrected chi connectivity index (χ0v) is 15.6. The molecule has 3 aliphatic rings. The molecule has 9 heteroatoms. The summed E-state index contributed by atoms with van der Waals surface area (Å²) in [4.78, 5) is 39.2. The average Bonchev–Trinajstić information content (AvgIpc) is 3.32. The highest BCUT2D eigenvalue weighted by Crippen LogP contribution is 2.36. The van der Waals surface area contributed by atoms with Gasteiger partial charge < -0.3 is 19.9 Å². The van der Waals surface area contributed by atoms with Crippen LogP contribution in [0, 0.1) is 17.7 Å². The summed E-state index contributed by atoms with van der Waals surface area (Å²) < 4.78 is 20.0. The second-order valence-electron chi connectivity index (χ2n) is 7.67. The van der Waals surface area contributed by atoms with E-state index in [1.807, 2.05) is 4.90 Å². The van der Waals surface area contributed by atoms with Crippen molar-refractivity contribution in [3.63, 3.8) is 0 Å². The molecule has 0 aromatic heterocycles. The van der Waals surface area contributed by atoms with Crippen LogP contribution in [0.4, 0.5) is 20.6 Å². The summed E-state index contributed by atoms with van der Waals surface area (Å²) in [6.45, 7) is 4.76. The molecule has 150 valence electrons. The molecule has 1 N–H and O–H groups in total. The number of rotatable bonds is 5. The lowest BCUT2D eigenvalue weighted by molar-refractivity contribution is -0.119. The van der Waals surface area contributed by atoms with E-state index in [2.05, 4.69) is 5.32 Å². The predicted molar refractivity (Wildman–Crippen MR) is 99.5 cm³/mol. The summed E-state index contributed by atoms with van der Waals surface area (Å²) in [5, 5.41) is 2.62. The van der Waals surface area contributed by atoms with Gasteiger partial charge in [-0.15, -0.1) is 0 Å². The topological polar surface area (TPSA) is 82.2 Å². The first-order valence-electron chi connectivity index (χ1n) is 9.41. The normalized spacial score (nSPS) is 26.4. The van der Waals surface area contributed by atoms with E-state index in [0.717, 1.165) is 32.6 Å². The first-order valence-corrected chi connectivity index (χ1v) is 9.41. The monoisotopic (exact) mass is 390 g/mol. The first-order chi connectivity index (χ1) is 13.4. The van der Waals surface area contributed by atoms with Gasteiger partial charge in [-0.05, 0) is 18.2 Å². The largest absolute Gasteiger partial charge is 0.442 e. The van der Waals surface area contributed by atoms with Crippen LogP contribution < -0.4 is 15.1 Å². The van der Waals surface area contributed by atoms with Crippen molar-refractivity contribution in [3.8, 4) is 0 Å². The molecule has 3 heterocycles. The van der Waals surface area contributed by atoms with Crippen molar-refractivity contribution in [1.29, 1.82) is 0 Å². The highest BCUT2D eigenvalue weighted by molar-refractivity contribution is 5.90. The number of anilines is 2. The molecule has 3 fully saturated rings. The summed E-state index contributed by atoms with van der Waals surface area (Å²) in [7, 11) is 0. The molecule has 0 saturated carbocycles. The Morgan fingerprint density at radius 2 is 1.96 bits per heavy atom. The highest BCUT2D eigenvalue weighted by Gasteiger charge is 2.40. The molecule has 1 aromatic carbocycles. The van der Waals surface area contributed by atoms with Crippen LogP contribution >= 0.6 is 0 Å². The summed E-state index contributed by atoms with van der Waals surface area (Å²) in [6, 6.07) is 4.76. The van der Waals surface area contributed by atoms with E-state index >= 15 is 0 Å². The van der Waals surface area contributed by atoms with Crippen molar-refractivity contribution in [2.45, 2.75) is 13.0 Å². The quantitative estimate of drug-likeness (QED) is 0.753. The third kappa shape index (κ3) is 3.48. The molecule has 0 aliphatic carbocycles. The van der Waals surface area contributed by atoms with Crippen molar-refractivity contribution in [2.24, 2.45) is 11.8 Å². The smallest absolute Gasteiger partial charge is 0.414 e. The summed E-state index contributed by atoms with van der Waals surface area (Å²) in [5.74, 6) is 0.152. The fourth-order valence-corrected chi connectivity index (χ4v) is 4.33. The van der Waals surface area contributed by atoms with Gasteiger partial charge in [0.25, 0.3) is 0 Å². The Kier molecular flexibility index (Phi) is 4.82. The van der Waals surface area contributed by atoms with E-state index in [4.69, 9.17) is 4.74 Å². The minimum atomic E-state index is -0.549. The molecule has 1 aromatic rings. The SMILES string of the molecule is CC(=O)NCC1CN(c2ccc(N3CC4CN(C=O)CC4C3)c(F)c2)C(=O)O1. The van der Waals surface area contributed by atoms with Crippen LogP contribution in [-0.4, -0.2) is 68.7 Å². The van der Waals surface area contributed by atoms with E-state index in [-0.39, 0.29) is 24.8 Å². The Morgan fingerprint density at radius 3 is 2.57 bits per heavy atom. The van der Waals surface area contributed by atoms with Crippen molar-refractivity contribution in [3.05, 3.63) is 24.0 Å². The number of halogens is 1. The molecule has 3 unspecified atom stereocenters. The van der Waals surface area contributed by atoms with Gasteiger partial charge in [-0.1, -0.05) is 0 Å². The number of carbonyl (C=O) groups is 3. The van der Waals surface area contributed by atoms with Crippen LogP contribution in [0.1, 0.15) is 6.92 Å². The Morgan fingerprint density at radius 1 is 1.25 bits per heavy atom. The number of amides is 3. The number of likely N-dealkylation sites (tertiary alicyclic amines) is 1. The molecule has 3 saturated heterocycles. The van der Waals surface area contributed by atoms with E-state index in [1.165, 1.54) is 17.9 Å². The maximum absolute atomic E-state index is 14.8. The number of nitrogens with one attached hydrogen (secondary N) is 1. The lowest BCUT2D eigenvalue weighted by Crippen LogP contribution is -2.33. The molecule has 3 aliphatic heterocycles. The Labute approximate surface area is 162 Å². The Bertz CT molecular complexity index is 790. The van der Waals surface area contributed by atoms with Gasteiger partial charge in [0, 0.05) is 44.9 Å². The van der Waals surface area contributed by atoms with E-state index in [9.17, 15) is 18.8 Å². The molecular formula is C19H23FN4O4. The first kappa shape index (κ1) is 18.5. The van der Waals surface area contributed by atoms with Crippen molar-refractivity contribution < 1.29 is 23.5 Å². The minimum absolute atomic E-state index is 0.198. The molecule has 0 spiro atoms. The number of fused-ring (bicyclic) bond motifs is 1. The van der Waals surface area contributed by atoms with Crippen LogP contribution in [0.2, 0.25) is 0 Å². The van der Waals surface area contributed by atoms with Gasteiger partial charge in [-0.3, -0.25) is 14.5 Å². The second kappa shape index (κ2) is 7.29. The summed E-state index contributed by atoms with van der Waals surface area (Å²) in [6.07, 6.45) is -0.128. The third-order valence-electron chi connectivity index (χ3n) is 5.70. The number of benzene rings is 1. The molecule has 0 radical (unpaired) electrons. The highest BCUT2D eigenvalue weighted by atomic mass is 19.1. The minimum Gasteiger partial charge on any atom is -0.442 e. The maximum atomic E-state index is 14.8. The fraction of sp³-hybridized carbons (Fsp3) is 0.526. The number of carbonyl (C=O) groups excluding carboxylic acids is 3. The lowest BCUT2D eigenvalue weighted by Gasteiger charge is -2.23. The van der Waals surface area contributed by atoms with Gasteiger partial charge in [0.15, 0.2) is 0 Å². The molecule has 4 rings (SSSR count). The Balaban J connectivity index is 1.42. The maximum Gasteiger partial charge on any atom is 0.414 e. The van der Waals surface area contributed by atoms with Crippen LogP contribution in [0.5, 0.6) is 0 Å². The molecule has 0 bridgehead atoms. The standard InChI is InChI=1S/C19H23FN4O4/c1-12(26)21-5-16-10-24(19(27)28-16)15-2-3-18(17(20)4-15)23-8-13-6-22(11-25)7-14(13)9-23/h2-4,11,13-14,16H,5-10H2,1H3,(H,21,26). The fourth-order valence-electron chi connectivity index (χ4n) is 4.33. The van der Waals surface area contributed by atoms with E-state index in [1.54, 1.807) is 17.0 Å². The molecular weight excluding hydrogens is 367 g/mol. The average molecular weight is 390 g/mol. The van der Waals surface area contributed by atoms with Crippen LogP contribution in [0.25, 0.3) is 0 Å². The lowest BCUT2D eigenvalue weighted by atomic mass is 10.0. The van der Waals surface area contributed by atoms with Gasteiger partial charge in [0.05, 0.1) is 24.5 Å². The zero-order valence-electron chi connectivity index (χ0n) is 15.6. The molecule has 3 atom stereocenters. The van der Waals surface area contributed by atoms with Crippen LogP contribution in [0.3, 0.4) is 0 Å². The van der Waals surface area contributed by atoms with Crippen LogP contribution in [-0.2, 0) is 14.3 Å². The van der Waals surface area contributed by atoms with Crippen molar-refractivity contribution in [2.75, 3.05) is 49.1 Å². The van der Waals surface area contributed by atoms with Gasteiger partial charge in [0.1, 0.15) is 11.9 Å². The number of ether oxygens (including phenoxy) is 1. The van der Waals surface area contributed by atoms with Gasteiger partial charge >= 0.3 is 6.09 Å². The predicted octanol–water partition coefficient (Wildman–Crippen LogP) is 0.811. The summed E-state index contributed by atoms with van der Waals surface area (Å²) in [5.41, 5.74) is 0.946. The van der Waals surface area contributed by atoms with Gasteiger partial charge in [-0.25, -0.2) is 9.18 Å². The van der Waals surface area contributed by atoms with E-state index < -0.39 is 12.2 Å². The van der Waals surface area contributed by atoms with Crippen molar-refractivity contribution in [1.82, 2.24) is 10.2 Å². The second-order valence-corrected chi connectivity index (χ2v) is 7.67. The Hall–Kier alpha value is -2.84.